The van der Waals surface area contributed by atoms with Crippen molar-refractivity contribution in [2.24, 2.45) is 0 Å². The molecule has 3 aromatic rings. The molecule has 25 heavy (non-hydrogen) atoms. The summed E-state index contributed by atoms with van der Waals surface area (Å²) in [6, 6.07) is 22.8. The monoisotopic (exact) mass is 329 g/mol. The maximum absolute atomic E-state index is 9.32. The van der Waals surface area contributed by atoms with Gasteiger partial charge in [0.05, 0.1) is 0 Å². The molecular weight excluding hydrogens is 310 g/mol. The molecule has 1 aliphatic rings. The highest BCUT2D eigenvalue weighted by atomic mass is 16.4. The molecule has 0 amide bonds. The molecule has 1 N–H and O–H groups in total. The first-order valence-corrected chi connectivity index (χ1v) is 8.58. The molecule has 4 heteroatoms. The van der Waals surface area contributed by atoms with E-state index in [4.69, 9.17) is 4.42 Å². The molecule has 0 aliphatic heterocycles. The Balaban J connectivity index is 1.41. The Labute approximate surface area is 147 Å². The summed E-state index contributed by atoms with van der Waals surface area (Å²) in [6.45, 7) is 0.708. The molecule has 0 unspecified atom stereocenters. The van der Waals surface area contributed by atoms with Crippen LogP contribution in [0.1, 0.15) is 41.0 Å². The smallest absolute Gasteiger partial charge is 0.232 e. The lowest BCUT2D eigenvalue weighted by Gasteiger charge is -2.03. The largest absolute Gasteiger partial charge is 0.424 e. The second kappa shape index (κ2) is 6.82. The molecule has 0 spiro atoms. The van der Waals surface area contributed by atoms with Gasteiger partial charge in [-0.3, -0.25) is 0 Å². The van der Waals surface area contributed by atoms with E-state index in [1.165, 1.54) is 11.1 Å². The van der Waals surface area contributed by atoms with Crippen LogP contribution in [-0.4, -0.2) is 11.5 Å². The standard InChI is InChI=1S/C21H19N3O/c22-14-19-21(23-12-11-15-7-3-1-4-8-15)25-20(24-19)18-13-17(18)16-9-5-2-6-10-16/h1-10,17-18,23H,11-13H2/t17-,18-/m0/s1. The second-order valence-electron chi connectivity index (χ2n) is 6.36. The van der Waals surface area contributed by atoms with Crippen molar-refractivity contribution in [1.82, 2.24) is 4.98 Å². The first-order chi connectivity index (χ1) is 12.3. The normalized spacial score (nSPS) is 18.5. The van der Waals surface area contributed by atoms with Crippen molar-refractivity contribution >= 4 is 5.88 Å². The molecule has 1 aliphatic carbocycles. The number of oxazole rings is 1. The van der Waals surface area contributed by atoms with Gasteiger partial charge in [0.15, 0.2) is 0 Å². The number of nitriles is 1. The molecule has 2 atom stereocenters. The second-order valence-corrected chi connectivity index (χ2v) is 6.36. The van der Waals surface area contributed by atoms with Gasteiger partial charge in [0, 0.05) is 12.5 Å². The number of anilines is 1. The Morgan fingerprint density at radius 1 is 1.04 bits per heavy atom. The zero-order valence-corrected chi connectivity index (χ0v) is 13.9. The van der Waals surface area contributed by atoms with Crippen LogP contribution in [0.5, 0.6) is 0 Å². The van der Waals surface area contributed by atoms with E-state index in [-0.39, 0.29) is 5.92 Å². The number of aromatic nitrogens is 1. The minimum atomic E-state index is 0.277. The average Bonchev–Trinajstić information content (AvgIpc) is 3.37. The van der Waals surface area contributed by atoms with Crippen molar-refractivity contribution in [2.45, 2.75) is 24.7 Å². The van der Waals surface area contributed by atoms with Crippen LogP contribution in [0.2, 0.25) is 0 Å². The number of benzene rings is 2. The van der Waals surface area contributed by atoms with Crippen LogP contribution in [0.25, 0.3) is 0 Å². The molecule has 2 aromatic carbocycles. The van der Waals surface area contributed by atoms with Gasteiger partial charge in [-0.15, -0.1) is 0 Å². The molecule has 1 fully saturated rings. The number of hydrogen-bond acceptors (Lipinski definition) is 4. The molecule has 0 radical (unpaired) electrons. The van der Waals surface area contributed by atoms with Gasteiger partial charge < -0.3 is 9.73 Å². The van der Waals surface area contributed by atoms with Crippen LogP contribution >= 0.6 is 0 Å². The predicted octanol–water partition coefficient (Wildman–Crippen LogP) is 4.47. The minimum Gasteiger partial charge on any atom is -0.424 e. The summed E-state index contributed by atoms with van der Waals surface area (Å²) in [5, 5.41) is 12.5. The van der Waals surface area contributed by atoms with Crippen LogP contribution in [0.15, 0.2) is 65.1 Å². The summed E-state index contributed by atoms with van der Waals surface area (Å²) >= 11 is 0. The summed E-state index contributed by atoms with van der Waals surface area (Å²) < 4.78 is 5.87. The van der Waals surface area contributed by atoms with Crippen molar-refractivity contribution in [2.75, 3.05) is 11.9 Å². The quantitative estimate of drug-likeness (QED) is 0.724. The predicted molar refractivity (Wildman–Crippen MR) is 96.4 cm³/mol. The molecular formula is C21H19N3O. The lowest BCUT2D eigenvalue weighted by atomic mass is 10.1. The Morgan fingerprint density at radius 2 is 1.76 bits per heavy atom. The lowest BCUT2D eigenvalue weighted by molar-refractivity contribution is 0.505. The van der Waals surface area contributed by atoms with Gasteiger partial charge in [0.2, 0.25) is 17.5 Å². The van der Waals surface area contributed by atoms with Gasteiger partial charge in [-0.05, 0) is 29.9 Å². The van der Waals surface area contributed by atoms with E-state index in [9.17, 15) is 5.26 Å². The Bertz CT molecular complexity index is 881. The number of hydrogen-bond donors (Lipinski definition) is 1. The molecule has 0 bridgehead atoms. The lowest BCUT2D eigenvalue weighted by Crippen LogP contribution is -2.05. The fourth-order valence-electron chi connectivity index (χ4n) is 3.19. The van der Waals surface area contributed by atoms with Gasteiger partial charge in [0.1, 0.15) is 6.07 Å². The summed E-state index contributed by atoms with van der Waals surface area (Å²) in [7, 11) is 0. The highest BCUT2D eigenvalue weighted by molar-refractivity contribution is 5.46. The molecule has 1 saturated carbocycles. The number of nitrogens with zero attached hydrogens (tertiary/aromatic N) is 2. The SMILES string of the molecule is N#Cc1nc([C@H]2C[C@H]2c2ccccc2)oc1NCCc1ccccc1. The summed E-state index contributed by atoms with van der Waals surface area (Å²) in [6.07, 6.45) is 1.90. The van der Waals surface area contributed by atoms with Gasteiger partial charge in [-0.1, -0.05) is 60.7 Å². The molecule has 1 aromatic heterocycles. The van der Waals surface area contributed by atoms with Gasteiger partial charge >= 0.3 is 0 Å². The molecule has 1 heterocycles. The number of nitrogens with one attached hydrogen (secondary N) is 1. The summed E-state index contributed by atoms with van der Waals surface area (Å²) in [5.41, 5.74) is 2.91. The summed E-state index contributed by atoms with van der Waals surface area (Å²) in [5.74, 6) is 1.89. The van der Waals surface area contributed by atoms with Crippen LogP contribution in [0, 0.1) is 11.3 Å². The average molecular weight is 329 g/mol. The van der Waals surface area contributed by atoms with Crippen LogP contribution < -0.4 is 5.32 Å². The van der Waals surface area contributed by atoms with Crippen molar-refractivity contribution in [3.63, 3.8) is 0 Å². The highest BCUT2D eigenvalue weighted by Gasteiger charge is 2.43. The van der Waals surface area contributed by atoms with E-state index in [1.807, 2.05) is 24.3 Å². The zero-order chi connectivity index (χ0) is 17.1. The van der Waals surface area contributed by atoms with Crippen molar-refractivity contribution in [3.05, 3.63) is 83.4 Å². The van der Waals surface area contributed by atoms with Crippen molar-refractivity contribution in [3.8, 4) is 6.07 Å². The van der Waals surface area contributed by atoms with Crippen molar-refractivity contribution < 1.29 is 4.42 Å². The van der Waals surface area contributed by atoms with Crippen LogP contribution in [0.4, 0.5) is 5.88 Å². The van der Waals surface area contributed by atoms with Gasteiger partial charge in [0.25, 0.3) is 0 Å². The van der Waals surface area contributed by atoms with E-state index >= 15 is 0 Å². The Morgan fingerprint density at radius 3 is 2.48 bits per heavy atom. The van der Waals surface area contributed by atoms with Crippen LogP contribution in [0.3, 0.4) is 0 Å². The Kier molecular flexibility index (Phi) is 4.22. The van der Waals surface area contributed by atoms with Crippen molar-refractivity contribution in [1.29, 1.82) is 5.26 Å². The van der Waals surface area contributed by atoms with Gasteiger partial charge in [-0.25, -0.2) is 4.98 Å². The fourth-order valence-corrected chi connectivity index (χ4v) is 3.19. The number of rotatable bonds is 6. The summed E-state index contributed by atoms with van der Waals surface area (Å²) in [4.78, 5) is 4.40. The maximum Gasteiger partial charge on any atom is 0.232 e. The van der Waals surface area contributed by atoms with Crippen LogP contribution in [-0.2, 0) is 6.42 Å². The molecule has 124 valence electrons. The fraction of sp³-hybridized carbons (Fsp3) is 0.238. The maximum atomic E-state index is 9.32. The van der Waals surface area contributed by atoms with E-state index in [2.05, 4.69) is 52.8 Å². The molecule has 4 rings (SSSR count). The Hall–Kier alpha value is -3.06. The topological polar surface area (TPSA) is 61.9 Å². The van der Waals surface area contributed by atoms with E-state index in [1.54, 1.807) is 0 Å². The minimum absolute atomic E-state index is 0.277. The third kappa shape index (κ3) is 3.41. The molecule has 0 saturated heterocycles. The highest BCUT2D eigenvalue weighted by Crippen LogP contribution is 2.54. The van der Waals surface area contributed by atoms with E-state index in [0.29, 0.717) is 29.9 Å². The third-order valence-corrected chi connectivity index (χ3v) is 4.63. The first kappa shape index (κ1) is 15.5. The van der Waals surface area contributed by atoms with Gasteiger partial charge in [-0.2, -0.15) is 5.26 Å². The zero-order valence-electron chi connectivity index (χ0n) is 13.9. The molecule has 4 nitrogen and oxygen atoms in total. The third-order valence-electron chi connectivity index (χ3n) is 4.63. The first-order valence-electron chi connectivity index (χ1n) is 8.58. The van der Waals surface area contributed by atoms with E-state index in [0.717, 1.165) is 12.8 Å². The van der Waals surface area contributed by atoms with E-state index < -0.39 is 0 Å².